The van der Waals surface area contributed by atoms with E-state index in [1.165, 1.54) is 36.2 Å². The van der Waals surface area contributed by atoms with Crippen molar-refractivity contribution in [3.8, 4) is 0 Å². The van der Waals surface area contributed by atoms with Gasteiger partial charge in [-0.15, -0.1) is 0 Å². The molecule has 42 heavy (non-hydrogen) atoms. The highest BCUT2D eigenvalue weighted by Crippen LogP contribution is 2.27. The van der Waals surface area contributed by atoms with Crippen molar-refractivity contribution < 1.29 is 18.0 Å². The van der Waals surface area contributed by atoms with Crippen LogP contribution in [0, 0.1) is 6.92 Å². The maximum Gasteiger partial charge on any atom is 0.264 e. The molecule has 0 spiro atoms. The molecule has 2 amide bonds. The number of aryl methyl sites for hydroxylation is 1. The maximum absolute atomic E-state index is 14.3. The van der Waals surface area contributed by atoms with Crippen LogP contribution in [0.25, 0.3) is 0 Å². The number of nitrogens with one attached hydrogen (secondary N) is 1. The predicted molar refractivity (Wildman–Crippen MR) is 167 cm³/mol. The summed E-state index contributed by atoms with van der Waals surface area (Å²) < 4.78 is 29.0. The van der Waals surface area contributed by atoms with E-state index in [1.54, 1.807) is 42.5 Å². The Labute approximate surface area is 256 Å². The number of carbonyl (C=O) groups excluding carboxylic acids is 2. The van der Waals surface area contributed by atoms with Gasteiger partial charge in [0.2, 0.25) is 11.8 Å². The van der Waals surface area contributed by atoms with Crippen molar-refractivity contribution in [2.24, 2.45) is 0 Å². The molecule has 1 atom stereocenters. The van der Waals surface area contributed by atoms with Crippen LogP contribution < -0.4 is 9.62 Å². The van der Waals surface area contributed by atoms with Crippen LogP contribution in [0.1, 0.15) is 16.7 Å². The van der Waals surface area contributed by atoms with E-state index in [2.05, 4.69) is 5.32 Å². The molecule has 0 aliphatic carbocycles. The number of rotatable bonds is 11. The van der Waals surface area contributed by atoms with Crippen molar-refractivity contribution in [3.05, 3.63) is 130 Å². The van der Waals surface area contributed by atoms with Crippen molar-refractivity contribution in [2.75, 3.05) is 17.9 Å². The first kappa shape index (κ1) is 31.1. The summed E-state index contributed by atoms with van der Waals surface area (Å²) in [6.07, 6.45) is 0.213. The van der Waals surface area contributed by atoms with Crippen LogP contribution in [-0.2, 0) is 32.6 Å². The van der Waals surface area contributed by atoms with Gasteiger partial charge in [-0.2, -0.15) is 0 Å². The monoisotopic (exact) mass is 623 g/mol. The predicted octanol–water partition coefficient (Wildman–Crippen LogP) is 5.88. The molecule has 4 rings (SSSR count). The first-order chi connectivity index (χ1) is 20.1. The van der Waals surface area contributed by atoms with Gasteiger partial charge in [-0.1, -0.05) is 83.9 Å². The van der Waals surface area contributed by atoms with E-state index in [9.17, 15) is 18.0 Å². The minimum atomic E-state index is -4.21. The highest BCUT2D eigenvalue weighted by Gasteiger charge is 2.34. The largest absolute Gasteiger partial charge is 0.357 e. The molecule has 1 N–H and O–H groups in total. The van der Waals surface area contributed by atoms with E-state index in [0.717, 1.165) is 15.4 Å². The zero-order valence-electron chi connectivity index (χ0n) is 23.2. The highest BCUT2D eigenvalue weighted by molar-refractivity contribution is 7.92. The molecule has 0 aromatic heterocycles. The third kappa shape index (κ3) is 7.50. The summed E-state index contributed by atoms with van der Waals surface area (Å²) in [6.45, 7) is 1.27. The molecule has 0 heterocycles. The fraction of sp³-hybridized carbons (Fsp3) is 0.188. The minimum absolute atomic E-state index is 0.00786. The summed E-state index contributed by atoms with van der Waals surface area (Å²) in [4.78, 5) is 29.0. The number of hydrogen-bond donors (Lipinski definition) is 1. The van der Waals surface area contributed by atoms with Crippen molar-refractivity contribution in [3.63, 3.8) is 0 Å². The van der Waals surface area contributed by atoms with E-state index >= 15 is 0 Å². The van der Waals surface area contributed by atoms with E-state index in [0.29, 0.717) is 21.3 Å². The zero-order chi connectivity index (χ0) is 30.3. The normalized spacial score (nSPS) is 11.9. The number of likely N-dealkylation sites (N-methyl/N-ethyl adjacent to an activating group) is 1. The highest BCUT2D eigenvalue weighted by atomic mass is 35.5. The molecule has 0 bridgehead atoms. The Morgan fingerprint density at radius 3 is 2.17 bits per heavy atom. The number of carbonyl (C=O) groups is 2. The summed E-state index contributed by atoms with van der Waals surface area (Å²) in [5.41, 5.74) is 2.59. The van der Waals surface area contributed by atoms with Crippen molar-refractivity contribution in [1.29, 1.82) is 0 Å². The molecule has 7 nitrogen and oxygen atoms in total. The SMILES string of the molecule is CNC(=O)[C@@H](Cc1ccccc1)N(Cc1ccccc1Cl)C(=O)CN(c1cccc(C)c1)S(=O)(=O)c1ccc(Cl)cc1. The van der Waals surface area contributed by atoms with Gasteiger partial charge in [-0.3, -0.25) is 13.9 Å². The van der Waals surface area contributed by atoms with Gasteiger partial charge >= 0.3 is 0 Å². The van der Waals surface area contributed by atoms with Gasteiger partial charge in [0, 0.05) is 30.1 Å². The molecule has 4 aromatic rings. The fourth-order valence-electron chi connectivity index (χ4n) is 4.58. The molecule has 0 saturated heterocycles. The van der Waals surface area contributed by atoms with Crippen molar-refractivity contribution >= 4 is 50.7 Å². The fourth-order valence-corrected chi connectivity index (χ4v) is 6.30. The van der Waals surface area contributed by atoms with Crippen LogP contribution in [-0.4, -0.2) is 44.8 Å². The molecular formula is C32H31Cl2N3O4S. The molecule has 0 saturated carbocycles. The molecule has 0 radical (unpaired) electrons. The molecule has 0 aliphatic rings. The number of amides is 2. The average molecular weight is 625 g/mol. The Hall–Kier alpha value is -3.85. The standard InChI is InChI=1S/C32H31Cl2N3O4S/c1-23-9-8-13-27(19-23)37(42(40,41)28-17-15-26(33)16-18-28)22-31(38)36(21-25-12-6-7-14-29(25)34)30(32(39)35-2)20-24-10-4-3-5-11-24/h3-19,30H,20-22H2,1-2H3,(H,35,39)/t30-/m1/s1. The number of benzene rings is 4. The van der Waals surface area contributed by atoms with E-state index in [4.69, 9.17) is 23.2 Å². The van der Waals surface area contributed by atoms with Gasteiger partial charge in [-0.05, 0) is 66.1 Å². The Morgan fingerprint density at radius 2 is 1.52 bits per heavy atom. The number of anilines is 1. The average Bonchev–Trinajstić information content (AvgIpc) is 2.98. The lowest BCUT2D eigenvalue weighted by Gasteiger charge is -2.33. The lowest BCUT2D eigenvalue weighted by Crippen LogP contribution is -2.53. The van der Waals surface area contributed by atoms with Crippen LogP contribution in [0.4, 0.5) is 5.69 Å². The Bertz CT molecular complexity index is 1650. The number of halogens is 2. The molecule has 0 unspecified atom stereocenters. The third-order valence-electron chi connectivity index (χ3n) is 6.79. The van der Waals surface area contributed by atoms with Gasteiger partial charge in [0.1, 0.15) is 12.6 Å². The third-order valence-corrected chi connectivity index (χ3v) is 9.19. The molecular weight excluding hydrogens is 593 g/mol. The molecule has 218 valence electrons. The lowest BCUT2D eigenvalue weighted by atomic mass is 10.0. The van der Waals surface area contributed by atoms with Crippen LogP contribution in [0.5, 0.6) is 0 Å². The second-order valence-corrected chi connectivity index (χ2v) is 12.4. The molecule has 0 aliphatic heterocycles. The van der Waals surface area contributed by atoms with Gasteiger partial charge in [0.25, 0.3) is 10.0 Å². The summed E-state index contributed by atoms with van der Waals surface area (Å²) in [5, 5.41) is 3.47. The van der Waals surface area contributed by atoms with E-state index in [-0.39, 0.29) is 23.8 Å². The molecule has 10 heteroatoms. The van der Waals surface area contributed by atoms with Crippen LogP contribution in [0.3, 0.4) is 0 Å². The van der Waals surface area contributed by atoms with Gasteiger partial charge < -0.3 is 10.2 Å². The Kier molecular flexibility index (Phi) is 10.3. The number of sulfonamides is 1. The summed E-state index contributed by atoms with van der Waals surface area (Å²) >= 11 is 12.5. The maximum atomic E-state index is 14.3. The number of nitrogens with zero attached hydrogens (tertiary/aromatic N) is 2. The zero-order valence-corrected chi connectivity index (χ0v) is 25.5. The first-order valence-electron chi connectivity index (χ1n) is 13.2. The second-order valence-electron chi connectivity index (χ2n) is 9.74. The number of hydrogen-bond acceptors (Lipinski definition) is 4. The summed E-state index contributed by atoms with van der Waals surface area (Å²) in [7, 11) is -2.70. The molecule has 0 fully saturated rings. The topological polar surface area (TPSA) is 86.8 Å². The van der Waals surface area contributed by atoms with Crippen LogP contribution >= 0.6 is 23.2 Å². The van der Waals surface area contributed by atoms with E-state index < -0.39 is 28.5 Å². The van der Waals surface area contributed by atoms with Crippen molar-refractivity contribution in [1.82, 2.24) is 10.2 Å². The summed E-state index contributed by atoms with van der Waals surface area (Å²) in [6, 6.07) is 28.1. The van der Waals surface area contributed by atoms with Gasteiger partial charge in [-0.25, -0.2) is 8.42 Å². The molecule has 4 aromatic carbocycles. The van der Waals surface area contributed by atoms with Crippen LogP contribution in [0.2, 0.25) is 10.0 Å². The Morgan fingerprint density at radius 1 is 0.857 bits per heavy atom. The van der Waals surface area contributed by atoms with Crippen LogP contribution in [0.15, 0.2) is 108 Å². The van der Waals surface area contributed by atoms with E-state index in [1.807, 2.05) is 43.3 Å². The first-order valence-corrected chi connectivity index (χ1v) is 15.4. The minimum Gasteiger partial charge on any atom is -0.357 e. The quantitative estimate of drug-likeness (QED) is 0.226. The van der Waals surface area contributed by atoms with Gasteiger partial charge in [0.15, 0.2) is 0 Å². The van der Waals surface area contributed by atoms with Gasteiger partial charge in [0.05, 0.1) is 10.6 Å². The Balaban J connectivity index is 1.80. The lowest BCUT2D eigenvalue weighted by molar-refractivity contribution is -0.139. The second kappa shape index (κ2) is 13.9. The smallest absolute Gasteiger partial charge is 0.264 e. The van der Waals surface area contributed by atoms with Crippen molar-refractivity contribution in [2.45, 2.75) is 30.8 Å². The summed E-state index contributed by atoms with van der Waals surface area (Å²) in [5.74, 6) is -0.958.